The lowest BCUT2D eigenvalue weighted by molar-refractivity contribution is -0.137. The van der Waals surface area contributed by atoms with Crippen molar-refractivity contribution in [1.82, 2.24) is 0 Å². The number of esters is 1. The average molecular weight is 298 g/mol. The summed E-state index contributed by atoms with van der Waals surface area (Å²) in [4.78, 5) is 22.4. The zero-order valence-corrected chi connectivity index (χ0v) is 13.0. The van der Waals surface area contributed by atoms with Crippen molar-refractivity contribution in [2.45, 2.75) is 38.5 Å². The Balaban J connectivity index is 1.89. The molecule has 0 N–H and O–H groups in total. The summed E-state index contributed by atoms with van der Waals surface area (Å²) in [7, 11) is 0. The standard InChI is InChI=1S/C19H22O3/c1-13(2)16-7-8-19(10-18(21)22-12-19)9-17(16)15-5-3-14(11-20)4-6-15/h3-6,11,16-17H,1,7-10,12H2,2H3/t16-,17-,19?/m0/s1. The number of hydrogen-bond acceptors (Lipinski definition) is 3. The van der Waals surface area contributed by atoms with Crippen molar-refractivity contribution in [2.75, 3.05) is 6.61 Å². The fourth-order valence-corrected chi connectivity index (χ4v) is 4.07. The highest BCUT2D eigenvalue weighted by Crippen LogP contribution is 2.52. The quantitative estimate of drug-likeness (QED) is 0.483. The Morgan fingerprint density at radius 1 is 1.36 bits per heavy atom. The summed E-state index contributed by atoms with van der Waals surface area (Å²) >= 11 is 0. The van der Waals surface area contributed by atoms with E-state index in [0.29, 0.717) is 30.4 Å². The van der Waals surface area contributed by atoms with Gasteiger partial charge in [0.2, 0.25) is 0 Å². The summed E-state index contributed by atoms with van der Waals surface area (Å²) in [5.41, 5.74) is 3.12. The van der Waals surface area contributed by atoms with Gasteiger partial charge in [0.1, 0.15) is 6.29 Å². The number of carbonyl (C=O) groups excluding carboxylic acids is 2. The molecule has 3 nitrogen and oxygen atoms in total. The zero-order chi connectivity index (χ0) is 15.7. The molecule has 1 heterocycles. The van der Waals surface area contributed by atoms with E-state index in [1.807, 2.05) is 24.3 Å². The summed E-state index contributed by atoms with van der Waals surface area (Å²) in [5, 5.41) is 0. The lowest BCUT2D eigenvalue weighted by Crippen LogP contribution is -2.33. The van der Waals surface area contributed by atoms with Gasteiger partial charge in [-0.25, -0.2) is 0 Å². The molecule has 2 fully saturated rings. The van der Waals surface area contributed by atoms with Gasteiger partial charge in [0.05, 0.1) is 13.0 Å². The maximum atomic E-state index is 11.6. The van der Waals surface area contributed by atoms with E-state index in [4.69, 9.17) is 4.74 Å². The van der Waals surface area contributed by atoms with Crippen molar-refractivity contribution in [2.24, 2.45) is 11.3 Å². The summed E-state index contributed by atoms with van der Waals surface area (Å²) in [6, 6.07) is 7.83. The Morgan fingerprint density at radius 3 is 2.64 bits per heavy atom. The molecule has 1 saturated carbocycles. The number of cyclic esters (lactones) is 1. The summed E-state index contributed by atoms with van der Waals surface area (Å²) in [6.45, 7) is 6.81. The normalized spacial score (nSPS) is 31.0. The minimum Gasteiger partial charge on any atom is -0.465 e. The van der Waals surface area contributed by atoms with Crippen LogP contribution in [0.1, 0.15) is 54.4 Å². The first-order valence-electron chi connectivity index (χ1n) is 7.89. The second-order valence-corrected chi connectivity index (χ2v) is 6.92. The van der Waals surface area contributed by atoms with E-state index in [0.717, 1.165) is 25.5 Å². The molecule has 1 unspecified atom stereocenters. The fourth-order valence-electron chi connectivity index (χ4n) is 4.07. The van der Waals surface area contributed by atoms with E-state index in [-0.39, 0.29) is 11.4 Å². The number of benzene rings is 1. The van der Waals surface area contributed by atoms with Crippen LogP contribution in [0.4, 0.5) is 0 Å². The fraction of sp³-hybridized carbons (Fsp3) is 0.474. The van der Waals surface area contributed by atoms with Crippen LogP contribution in [0.15, 0.2) is 36.4 Å². The molecule has 1 aromatic rings. The van der Waals surface area contributed by atoms with E-state index in [9.17, 15) is 9.59 Å². The first kappa shape index (κ1) is 15.0. The van der Waals surface area contributed by atoms with Gasteiger partial charge in [0.15, 0.2) is 0 Å². The van der Waals surface area contributed by atoms with Crippen LogP contribution in [0.5, 0.6) is 0 Å². The molecule has 1 aliphatic carbocycles. The first-order valence-corrected chi connectivity index (χ1v) is 7.89. The molecule has 1 saturated heterocycles. The molecule has 1 aliphatic heterocycles. The van der Waals surface area contributed by atoms with Gasteiger partial charge < -0.3 is 4.74 Å². The zero-order valence-electron chi connectivity index (χ0n) is 13.0. The molecule has 0 amide bonds. The maximum Gasteiger partial charge on any atom is 0.306 e. The molecular weight excluding hydrogens is 276 g/mol. The first-order chi connectivity index (χ1) is 10.5. The second kappa shape index (κ2) is 5.71. The summed E-state index contributed by atoms with van der Waals surface area (Å²) < 4.78 is 5.25. The highest BCUT2D eigenvalue weighted by atomic mass is 16.5. The molecule has 22 heavy (non-hydrogen) atoms. The molecule has 1 spiro atoms. The molecule has 1 aromatic carbocycles. The van der Waals surface area contributed by atoms with Gasteiger partial charge in [-0.3, -0.25) is 9.59 Å². The Labute approximate surface area is 131 Å². The van der Waals surface area contributed by atoms with Crippen LogP contribution in [0.2, 0.25) is 0 Å². The predicted octanol–water partition coefficient (Wildman–Crippen LogP) is 3.89. The number of aldehydes is 1. The van der Waals surface area contributed by atoms with Crippen molar-refractivity contribution < 1.29 is 14.3 Å². The van der Waals surface area contributed by atoms with Crippen molar-refractivity contribution in [3.05, 3.63) is 47.5 Å². The average Bonchev–Trinajstić information content (AvgIpc) is 2.87. The Bertz CT molecular complexity index is 602. The number of allylic oxidation sites excluding steroid dienone is 1. The van der Waals surface area contributed by atoms with Crippen molar-refractivity contribution in [1.29, 1.82) is 0 Å². The molecule has 3 atom stereocenters. The largest absolute Gasteiger partial charge is 0.465 e. The van der Waals surface area contributed by atoms with E-state index >= 15 is 0 Å². The topological polar surface area (TPSA) is 43.4 Å². The van der Waals surface area contributed by atoms with Gasteiger partial charge in [-0.2, -0.15) is 0 Å². The molecule has 3 rings (SSSR count). The molecule has 0 aromatic heterocycles. The third-order valence-electron chi connectivity index (χ3n) is 5.32. The highest BCUT2D eigenvalue weighted by molar-refractivity contribution is 5.74. The van der Waals surface area contributed by atoms with Gasteiger partial charge >= 0.3 is 5.97 Å². The number of ether oxygens (including phenoxy) is 1. The second-order valence-electron chi connectivity index (χ2n) is 6.92. The van der Waals surface area contributed by atoms with E-state index < -0.39 is 0 Å². The van der Waals surface area contributed by atoms with Crippen LogP contribution in [0.3, 0.4) is 0 Å². The lowest BCUT2D eigenvalue weighted by atomic mass is 9.61. The number of rotatable bonds is 3. The Morgan fingerprint density at radius 2 is 2.09 bits per heavy atom. The van der Waals surface area contributed by atoms with Crippen LogP contribution >= 0.6 is 0 Å². The van der Waals surface area contributed by atoms with Gasteiger partial charge in [-0.05, 0) is 43.6 Å². The van der Waals surface area contributed by atoms with Gasteiger partial charge in [0.25, 0.3) is 0 Å². The summed E-state index contributed by atoms with van der Waals surface area (Å²) in [6.07, 6.45) is 4.44. The molecule has 3 heteroatoms. The third-order valence-corrected chi connectivity index (χ3v) is 5.32. The summed E-state index contributed by atoms with van der Waals surface area (Å²) in [5.74, 6) is 0.716. The van der Waals surface area contributed by atoms with Gasteiger partial charge in [-0.15, -0.1) is 0 Å². The minimum atomic E-state index is -0.0659. The van der Waals surface area contributed by atoms with E-state index in [1.54, 1.807) is 0 Å². The van der Waals surface area contributed by atoms with Crippen molar-refractivity contribution in [3.8, 4) is 0 Å². The van der Waals surface area contributed by atoms with Gasteiger partial charge in [0, 0.05) is 11.0 Å². The SMILES string of the molecule is C=C(C)[C@@H]1CCC2(COC(=O)C2)C[C@H]1c1ccc(C=O)cc1. The smallest absolute Gasteiger partial charge is 0.306 e. The van der Waals surface area contributed by atoms with Crippen molar-refractivity contribution >= 4 is 12.3 Å². The Kier molecular flexibility index (Phi) is 3.90. The molecular formula is C19H22O3. The van der Waals surface area contributed by atoms with Crippen LogP contribution < -0.4 is 0 Å². The predicted molar refractivity (Wildman–Crippen MR) is 84.7 cm³/mol. The lowest BCUT2D eigenvalue weighted by Gasteiger charge is -2.42. The number of hydrogen-bond donors (Lipinski definition) is 0. The molecule has 0 radical (unpaired) electrons. The van der Waals surface area contributed by atoms with Crippen LogP contribution in [0, 0.1) is 11.3 Å². The van der Waals surface area contributed by atoms with Crippen LogP contribution in [-0.4, -0.2) is 18.9 Å². The Hall–Kier alpha value is -1.90. The minimum absolute atomic E-state index is 0.00295. The maximum absolute atomic E-state index is 11.6. The highest BCUT2D eigenvalue weighted by Gasteiger charge is 2.47. The number of carbonyl (C=O) groups is 2. The van der Waals surface area contributed by atoms with Crippen LogP contribution in [0.25, 0.3) is 0 Å². The van der Waals surface area contributed by atoms with E-state index in [1.165, 1.54) is 11.1 Å². The molecule has 116 valence electrons. The monoisotopic (exact) mass is 298 g/mol. The molecule has 0 bridgehead atoms. The van der Waals surface area contributed by atoms with Gasteiger partial charge in [-0.1, -0.05) is 36.4 Å². The molecule has 2 aliphatic rings. The van der Waals surface area contributed by atoms with Crippen molar-refractivity contribution in [3.63, 3.8) is 0 Å². The third kappa shape index (κ3) is 2.72. The van der Waals surface area contributed by atoms with Crippen LogP contribution in [-0.2, 0) is 9.53 Å². The van der Waals surface area contributed by atoms with E-state index in [2.05, 4.69) is 13.5 Å².